The van der Waals surface area contributed by atoms with Gasteiger partial charge in [0.1, 0.15) is 5.75 Å². The zero-order valence-corrected chi connectivity index (χ0v) is 12.0. The van der Waals surface area contributed by atoms with E-state index in [0.29, 0.717) is 37.6 Å². The van der Waals surface area contributed by atoms with Crippen molar-refractivity contribution in [3.63, 3.8) is 0 Å². The standard InChI is InChI=1S/C15H22N2O3/c1-11-9-17(10-12(2)20-11)15(18)6-7-19-14-5-3-4-13(16)8-14/h3-5,8,11-12H,6-7,9-10,16H2,1-2H3. The lowest BCUT2D eigenvalue weighted by atomic mass is 10.2. The van der Waals surface area contributed by atoms with Crippen LogP contribution in [0, 0.1) is 0 Å². The first-order valence-electron chi connectivity index (χ1n) is 6.96. The number of amides is 1. The van der Waals surface area contributed by atoms with Crippen LogP contribution in [0.4, 0.5) is 5.69 Å². The summed E-state index contributed by atoms with van der Waals surface area (Å²) >= 11 is 0. The summed E-state index contributed by atoms with van der Waals surface area (Å²) in [4.78, 5) is 14.0. The van der Waals surface area contributed by atoms with E-state index in [1.165, 1.54) is 0 Å². The van der Waals surface area contributed by atoms with Gasteiger partial charge in [0.05, 0.1) is 25.2 Å². The lowest BCUT2D eigenvalue weighted by molar-refractivity contribution is -0.143. The SMILES string of the molecule is CC1CN(C(=O)CCOc2cccc(N)c2)CC(C)O1. The minimum atomic E-state index is 0.0949. The van der Waals surface area contributed by atoms with Crippen molar-refractivity contribution in [3.05, 3.63) is 24.3 Å². The molecule has 0 aliphatic carbocycles. The molecule has 2 unspecified atom stereocenters. The van der Waals surface area contributed by atoms with Gasteiger partial charge in [0.2, 0.25) is 5.91 Å². The quantitative estimate of drug-likeness (QED) is 0.851. The van der Waals surface area contributed by atoms with Crippen LogP contribution in [0.25, 0.3) is 0 Å². The third kappa shape index (κ3) is 4.13. The number of hydrogen-bond donors (Lipinski definition) is 1. The monoisotopic (exact) mass is 278 g/mol. The molecule has 0 bridgehead atoms. The van der Waals surface area contributed by atoms with E-state index in [4.69, 9.17) is 15.2 Å². The molecule has 1 aromatic carbocycles. The van der Waals surface area contributed by atoms with Crippen LogP contribution in [0.5, 0.6) is 5.75 Å². The van der Waals surface area contributed by atoms with Crippen molar-refractivity contribution in [2.45, 2.75) is 32.5 Å². The molecule has 0 spiro atoms. The number of carbonyl (C=O) groups is 1. The number of hydrogen-bond acceptors (Lipinski definition) is 4. The maximum Gasteiger partial charge on any atom is 0.226 e. The first kappa shape index (κ1) is 14.7. The molecule has 0 saturated carbocycles. The molecule has 0 aromatic heterocycles. The highest BCUT2D eigenvalue weighted by molar-refractivity contribution is 5.76. The highest BCUT2D eigenvalue weighted by atomic mass is 16.5. The van der Waals surface area contributed by atoms with Crippen molar-refractivity contribution in [1.82, 2.24) is 4.90 Å². The van der Waals surface area contributed by atoms with E-state index >= 15 is 0 Å². The Hall–Kier alpha value is -1.75. The van der Waals surface area contributed by atoms with E-state index in [1.54, 1.807) is 12.1 Å². The van der Waals surface area contributed by atoms with E-state index in [-0.39, 0.29) is 18.1 Å². The fraction of sp³-hybridized carbons (Fsp3) is 0.533. The predicted octanol–water partition coefficient (Wildman–Crippen LogP) is 1.67. The zero-order valence-electron chi connectivity index (χ0n) is 12.0. The van der Waals surface area contributed by atoms with E-state index in [2.05, 4.69) is 0 Å². The van der Waals surface area contributed by atoms with Gasteiger partial charge in [0.25, 0.3) is 0 Å². The minimum absolute atomic E-state index is 0.0949. The van der Waals surface area contributed by atoms with Gasteiger partial charge in [-0.15, -0.1) is 0 Å². The molecule has 20 heavy (non-hydrogen) atoms. The van der Waals surface area contributed by atoms with Crippen LogP contribution in [0.15, 0.2) is 24.3 Å². The van der Waals surface area contributed by atoms with E-state index in [0.717, 1.165) is 0 Å². The van der Waals surface area contributed by atoms with Crippen LogP contribution in [0.3, 0.4) is 0 Å². The summed E-state index contributed by atoms with van der Waals surface area (Å²) in [6.07, 6.45) is 0.559. The molecule has 1 fully saturated rings. The van der Waals surface area contributed by atoms with Crippen LogP contribution < -0.4 is 10.5 Å². The van der Waals surface area contributed by atoms with Crippen LogP contribution in [0.2, 0.25) is 0 Å². The molecule has 1 aromatic rings. The van der Waals surface area contributed by atoms with Crippen LogP contribution in [-0.4, -0.2) is 42.7 Å². The van der Waals surface area contributed by atoms with Gasteiger partial charge >= 0.3 is 0 Å². The first-order valence-corrected chi connectivity index (χ1v) is 6.96. The molecular weight excluding hydrogens is 256 g/mol. The van der Waals surface area contributed by atoms with Gasteiger partial charge < -0.3 is 20.1 Å². The number of rotatable bonds is 4. The van der Waals surface area contributed by atoms with Gasteiger partial charge in [0, 0.05) is 24.8 Å². The molecule has 2 N–H and O–H groups in total. The lowest BCUT2D eigenvalue weighted by Gasteiger charge is -2.35. The van der Waals surface area contributed by atoms with Crippen molar-refractivity contribution in [3.8, 4) is 5.75 Å². The molecule has 1 aliphatic rings. The molecule has 0 radical (unpaired) electrons. The Bertz CT molecular complexity index is 454. The molecule has 1 heterocycles. The summed E-state index contributed by atoms with van der Waals surface area (Å²) in [5, 5.41) is 0. The average Bonchev–Trinajstić information content (AvgIpc) is 2.37. The smallest absolute Gasteiger partial charge is 0.226 e. The Kier molecular flexibility index (Phi) is 4.84. The van der Waals surface area contributed by atoms with Gasteiger partial charge in [-0.3, -0.25) is 4.79 Å². The number of nitrogens with zero attached hydrogens (tertiary/aromatic N) is 1. The van der Waals surface area contributed by atoms with Gasteiger partial charge in [-0.2, -0.15) is 0 Å². The fourth-order valence-electron chi connectivity index (χ4n) is 2.40. The normalized spacial score (nSPS) is 22.6. The topological polar surface area (TPSA) is 64.8 Å². The van der Waals surface area contributed by atoms with E-state index in [9.17, 15) is 4.79 Å². The second-order valence-electron chi connectivity index (χ2n) is 5.23. The van der Waals surface area contributed by atoms with Crippen molar-refractivity contribution >= 4 is 11.6 Å². The second kappa shape index (κ2) is 6.61. The largest absolute Gasteiger partial charge is 0.493 e. The van der Waals surface area contributed by atoms with Gasteiger partial charge in [-0.05, 0) is 26.0 Å². The molecule has 1 aliphatic heterocycles. The average molecular weight is 278 g/mol. The van der Waals surface area contributed by atoms with Crippen molar-refractivity contribution in [2.24, 2.45) is 0 Å². The zero-order chi connectivity index (χ0) is 14.5. The highest BCUT2D eigenvalue weighted by Gasteiger charge is 2.25. The Balaban J connectivity index is 1.77. The number of morpholine rings is 1. The second-order valence-corrected chi connectivity index (χ2v) is 5.23. The third-order valence-corrected chi connectivity index (χ3v) is 3.22. The molecule has 1 amide bonds. The Labute approximate surface area is 119 Å². The first-order chi connectivity index (χ1) is 9.54. The maximum atomic E-state index is 12.1. The molecule has 2 rings (SSSR count). The summed E-state index contributed by atoms with van der Waals surface area (Å²) in [6, 6.07) is 7.22. The summed E-state index contributed by atoms with van der Waals surface area (Å²) in [6.45, 7) is 5.64. The summed E-state index contributed by atoms with van der Waals surface area (Å²) in [5.74, 6) is 0.803. The van der Waals surface area contributed by atoms with E-state index < -0.39 is 0 Å². The van der Waals surface area contributed by atoms with Crippen molar-refractivity contribution in [2.75, 3.05) is 25.4 Å². The number of benzene rings is 1. The Morgan fingerprint density at radius 1 is 1.40 bits per heavy atom. The molecule has 110 valence electrons. The van der Waals surface area contributed by atoms with Gasteiger partial charge in [-0.1, -0.05) is 6.07 Å². The highest BCUT2D eigenvalue weighted by Crippen LogP contribution is 2.15. The summed E-state index contributed by atoms with van der Waals surface area (Å²) in [7, 11) is 0. The van der Waals surface area contributed by atoms with E-state index in [1.807, 2.05) is 30.9 Å². The number of nitrogen functional groups attached to an aromatic ring is 1. The summed E-state index contributed by atoms with van der Waals surface area (Å²) in [5.41, 5.74) is 6.33. The molecule has 5 nitrogen and oxygen atoms in total. The van der Waals surface area contributed by atoms with Gasteiger partial charge in [-0.25, -0.2) is 0 Å². The van der Waals surface area contributed by atoms with Crippen LogP contribution in [0.1, 0.15) is 20.3 Å². The fourth-order valence-corrected chi connectivity index (χ4v) is 2.40. The number of anilines is 1. The van der Waals surface area contributed by atoms with Crippen molar-refractivity contribution in [1.29, 1.82) is 0 Å². The Morgan fingerprint density at radius 3 is 2.75 bits per heavy atom. The van der Waals surface area contributed by atoms with Crippen LogP contribution >= 0.6 is 0 Å². The molecule has 1 saturated heterocycles. The summed E-state index contributed by atoms with van der Waals surface area (Å²) < 4.78 is 11.2. The molecular formula is C15H22N2O3. The maximum absolute atomic E-state index is 12.1. The predicted molar refractivity (Wildman–Crippen MR) is 77.6 cm³/mol. The lowest BCUT2D eigenvalue weighted by Crippen LogP contribution is -2.48. The number of carbonyl (C=O) groups excluding carboxylic acids is 1. The molecule has 2 atom stereocenters. The molecule has 5 heteroatoms. The van der Waals surface area contributed by atoms with Gasteiger partial charge in [0.15, 0.2) is 0 Å². The van der Waals surface area contributed by atoms with Crippen LogP contribution in [-0.2, 0) is 9.53 Å². The van der Waals surface area contributed by atoms with Crippen molar-refractivity contribution < 1.29 is 14.3 Å². The number of nitrogens with two attached hydrogens (primary N) is 1. The third-order valence-electron chi connectivity index (χ3n) is 3.22. The Morgan fingerprint density at radius 2 is 2.10 bits per heavy atom. The minimum Gasteiger partial charge on any atom is -0.493 e. The number of ether oxygens (including phenoxy) is 2.